The number of nitrogens with one attached hydrogen (secondary N) is 1. The number of carbonyl (C=O) groups is 1. The van der Waals surface area contributed by atoms with Crippen LogP contribution in [0.3, 0.4) is 0 Å². The number of ether oxygens (including phenoxy) is 1. The van der Waals surface area contributed by atoms with Crippen molar-refractivity contribution < 1.29 is 9.53 Å². The van der Waals surface area contributed by atoms with E-state index in [9.17, 15) is 4.79 Å². The predicted octanol–water partition coefficient (Wildman–Crippen LogP) is 2.36. The standard InChI is InChI=1S/C15H22ClN3O2/c1-15(2)10-21-8-7-19(15)6-5-14(20)18-11-3-4-12(16)13(17)9-11/h3-4,9H,5-8,10,17H2,1-2H3,(H,18,20). The van der Waals surface area contributed by atoms with Crippen molar-refractivity contribution in [2.24, 2.45) is 0 Å². The molecule has 1 aliphatic rings. The van der Waals surface area contributed by atoms with E-state index < -0.39 is 0 Å². The van der Waals surface area contributed by atoms with E-state index in [0.717, 1.165) is 13.2 Å². The van der Waals surface area contributed by atoms with Gasteiger partial charge in [0.15, 0.2) is 0 Å². The van der Waals surface area contributed by atoms with Crippen LogP contribution in [0.15, 0.2) is 18.2 Å². The van der Waals surface area contributed by atoms with Crippen LogP contribution in [0.1, 0.15) is 20.3 Å². The Kier molecular flexibility index (Phi) is 5.08. The summed E-state index contributed by atoms with van der Waals surface area (Å²) in [6.45, 7) is 7.24. The second-order valence-corrected chi connectivity index (χ2v) is 6.29. The number of nitrogen functional groups attached to an aromatic ring is 1. The lowest BCUT2D eigenvalue weighted by molar-refractivity contribution is -0.117. The van der Waals surface area contributed by atoms with Crippen LogP contribution in [0.4, 0.5) is 11.4 Å². The normalized spacial score (nSPS) is 18.4. The third-order valence-electron chi connectivity index (χ3n) is 3.71. The van der Waals surface area contributed by atoms with Crippen molar-refractivity contribution in [1.29, 1.82) is 0 Å². The Bertz CT molecular complexity index is 520. The van der Waals surface area contributed by atoms with Crippen molar-refractivity contribution >= 4 is 28.9 Å². The maximum Gasteiger partial charge on any atom is 0.225 e. The molecule has 1 aliphatic heterocycles. The summed E-state index contributed by atoms with van der Waals surface area (Å²) in [6.07, 6.45) is 0.436. The quantitative estimate of drug-likeness (QED) is 0.838. The number of anilines is 2. The SMILES string of the molecule is CC1(C)COCCN1CCC(=O)Nc1ccc(Cl)c(N)c1. The van der Waals surface area contributed by atoms with Gasteiger partial charge >= 0.3 is 0 Å². The molecule has 1 aromatic rings. The van der Waals surface area contributed by atoms with Crippen molar-refractivity contribution in [3.63, 3.8) is 0 Å². The van der Waals surface area contributed by atoms with Crippen LogP contribution in [0, 0.1) is 0 Å². The van der Waals surface area contributed by atoms with E-state index in [2.05, 4.69) is 24.1 Å². The molecular formula is C15H22ClN3O2. The van der Waals surface area contributed by atoms with Gasteiger partial charge in [-0.25, -0.2) is 0 Å². The topological polar surface area (TPSA) is 67.6 Å². The third-order valence-corrected chi connectivity index (χ3v) is 4.05. The molecule has 1 amide bonds. The number of benzene rings is 1. The predicted molar refractivity (Wildman–Crippen MR) is 85.6 cm³/mol. The molecule has 0 aromatic heterocycles. The Labute approximate surface area is 130 Å². The molecule has 0 aliphatic carbocycles. The molecule has 6 heteroatoms. The molecule has 21 heavy (non-hydrogen) atoms. The molecule has 2 rings (SSSR count). The molecule has 3 N–H and O–H groups in total. The zero-order valence-electron chi connectivity index (χ0n) is 12.5. The molecular weight excluding hydrogens is 290 g/mol. The molecule has 1 heterocycles. The van der Waals surface area contributed by atoms with Crippen LogP contribution in [0.2, 0.25) is 5.02 Å². The van der Waals surface area contributed by atoms with Crippen LogP contribution in [0.25, 0.3) is 0 Å². The summed E-state index contributed by atoms with van der Waals surface area (Å²) < 4.78 is 5.47. The van der Waals surface area contributed by atoms with E-state index in [4.69, 9.17) is 22.1 Å². The van der Waals surface area contributed by atoms with Gasteiger partial charge in [-0.1, -0.05) is 11.6 Å². The Morgan fingerprint density at radius 1 is 1.52 bits per heavy atom. The van der Waals surface area contributed by atoms with Gasteiger partial charge in [0.2, 0.25) is 5.91 Å². The van der Waals surface area contributed by atoms with Gasteiger partial charge in [-0.2, -0.15) is 0 Å². The Balaban J connectivity index is 1.85. The maximum atomic E-state index is 12.0. The van der Waals surface area contributed by atoms with Crippen LogP contribution in [0.5, 0.6) is 0 Å². The summed E-state index contributed by atoms with van der Waals surface area (Å²) in [6, 6.07) is 5.09. The van der Waals surface area contributed by atoms with Crippen LogP contribution in [-0.4, -0.2) is 42.6 Å². The highest BCUT2D eigenvalue weighted by atomic mass is 35.5. The Morgan fingerprint density at radius 3 is 2.95 bits per heavy atom. The summed E-state index contributed by atoms with van der Waals surface area (Å²) in [7, 11) is 0. The van der Waals surface area contributed by atoms with Crippen LogP contribution >= 0.6 is 11.6 Å². The van der Waals surface area contributed by atoms with E-state index >= 15 is 0 Å². The molecule has 1 aromatic carbocycles. The molecule has 0 radical (unpaired) electrons. The molecule has 1 saturated heterocycles. The minimum atomic E-state index is -0.0287. The Morgan fingerprint density at radius 2 is 2.29 bits per heavy atom. The number of rotatable bonds is 4. The summed E-state index contributed by atoms with van der Waals surface area (Å²) in [5.41, 5.74) is 6.82. The fourth-order valence-electron chi connectivity index (χ4n) is 2.39. The molecule has 0 atom stereocenters. The van der Waals surface area contributed by atoms with Gasteiger partial charge in [-0.05, 0) is 32.0 Å². The number of hydrogen-bond donors (Lipinski definition) is 2. The van der Waals surface area contributed by atoms with Crippen molar-refractivity contribution in [2.45, 2.75) is 25.8 Å². The van der Waals surface area contributed by atoms with Crippen LogP contribution in [-0.2, 0) is 9.53 Å². The first kappa shape index (κ1) is 16.1. The highest BCUT2D eigenvalue weighted by Crippen LogP contribution is 2.23. The summed E-state index contributed by atoms with van der Waals surface area (Å²) >= 11 is 5.86. The molecule has 5 nitrogen and oxygen atoms in total. The van der Waals surface area contributed by atoms with E-state index in [1.54, 1.807) is 18.2 Å². The van der Waals surface area contributed by atoms with Gasteiger partial charge in [-0.15, -0.1) is 0 Å². The van der Waals surface area contributed by atoms with Crippen molar-refractivity contribution in [1.82, 2.24) is 4.90 Å². The minimum Gasteiger partial charge on any atom is -0.397 e. The average molecular weight is 312 g/mol. The van der Waals surface area contributed by atoms with Gasteiger partial charge in [-0.3, -0.25) is 9.69 Å². The van der Waals surface area contributed by atoms with Gasteiger partial charge in [0.05, 0.1) is 23.9 Å². The number of amides is 1. The molecule has 1 fully saturated rings. The molecule has 0 unspecified atom stereocenters. The molecule has 0 saturated carbocycles. The third kappa shape index (κ3) is 4.33. The smallest absolute Gasteiger partial charge is 0.225 e. The monoisotopic (exact) mass is 311 g/mol. The van der Waals surface area contributed by atoms with E-state index in [1.165, 1.54) is 0 Å². The maximum absolute atomic E-state index is 12.0. The fraction of sp³-hybridized carbons (Fsp3) is 0.533. The second-order valence-electron chi connectivity index (χ2n) is 5.89. The Hall–Kier alpha value is -1.30. The first-order valence-electron chi connectivity index (χ1n) is 7.06. The number of nitrogens with two attached hydrogens (primary N) is 1. The largest absolute Gasteiger partial charge is 0.397 e. The van der Waals surface area contributed by atoms with Crippen molar-refractivity contribution in [2.75, 3.05) is 37.4 Å². The highest BCUT2D eigenvalue weighted by Gasteiger charge is 2.30. The first-order chi connectivity index (χ1) is 9.88. The number of hydrogen-bond acceptors (Lipinski definition) is 4. The zero-order chi connectivity index (χ0) is 15.5. The number of morpholine rings is 1. The fourth-order valence-corrected chi connectivity index (χ4v) is 2.50. The van der Waals surface area contributed by atoms with Gasteiger partial charge < -0.3 is 15.8 Å². The van der Waals surface area contributed by atoms with E-state index in [-0.39, 0.29) is 11.4 Å². The summed E-state index contributed by atoms with van der Waals surface area (Å²) in [5, 5.41) is 3.33. The van der Waals surface area contributed by atoms with Gasteiger partial charge in [0.1, 0.15) is 0 Å². The minimum absolute atomic E-state index is 0.0246. The first-order valence-corrected chi connectivity index (χ1v) is 7.44. The lowest BCUT2D eigenvalue weighted by atomic mass is 10.0. The lowest BCUT2D eigenvalue weighted by Crippen LogP contribution is -2.53. The van der Waals surface area contributed by atoms with Crippen molar-refractivity contribution in [3.8, 4) is 0 Å². The zero-order valence-corrected chi connectivity index (χ0v) is 13.2. The number of nitrogens with zero attached hydrogens (tertiary/aromatic N) is 1. The average Bonchev–Trinajstić information content (AvgIpc) is 2.41. The molecule has 116 valence electrons. The van der Waals surface area contributed by atoms with Crippen molar-refractivity contribution in [3.05, 3.63) is 23.2 Å². The van der Waals surface area contributed by atoms with Crippen LogP contribution < -0.4 is 11.1 Å². The number of halogens is 1. The second kappa shape index (κ2) is 6.64. The number of carbonyl (C=O) groups excluding carboxylic acids is 1. The molecule has 0 bridgehead atoms. The van der Waals surface area contributed by atoms with Gasteiger partial charge in [0, 0.05) is 30.7 Å². The molecule has 0 spiro atoms. The highest BCUT2D eigenvalue weighted by molar-refractivity contribution is 6.33. The summed E-state index contributed by atoms with van der Waals surface area (Å²) in [4.78, 5) is 14.3. The van der Waals surface area contributed by atoms with E-state index in [1.807, 2.05) is 0 Å². The lowest BCUT2D eigenvalue weighted by Gasteiger charge is -2.42. The van der Waals surface area contributed by atoms with Gasteiger partial charge in [0.25, 0.3) is 0 Å². The van der Waals surface area contributed by atoms with E-state index in [0.29, 0.717) is 36.0 Å². The summed E-state index contributed by atoms with van der Waals surface area (Å²) in [5.74, 6) is -0.0287.